The lowest BCUT2D eigenvalue weighted by Gasteiger charge is -2.39. The van der Waals surface area contributed by atoms with Crippen LogP contribution in [-0.4, -0.2) is 95.8 Å². The van der Waals surface area contributed by atoms with Crippen LogP contribution in [0, 0.1) is 11.8 Å². The summed E-state index contributed by atoms with van der Waals surface area (Å²) >= 11 is 6.15. The maximum absolute atomic E-state index is 14.1. The van der Waals surface area contributed by atoms with Crippen LogP contribution in [0.1, 0.15) is 68.1 Å². The number of anilines is 2. The number of nitrogens with zero attached hydrogens (tertiary/aromatic N) is 4. The standard InChI is InChI=1S/C37H48ClF3N6O3/c38-31-22-26(21-30(34(31)42)37(39,40)41)20-28(35(49)46-15-8-25(9-16-46)24-44-13-4-1-5-14-44)23-33(48)45-17-11-29(12-18-45)47-19-10-27-6-2-3-7-32(27)43-36(47)50/h2-3,6-7,21-22,25,28-29H,1,4-5,8-20,23-24,42H2,(H,43,50). The van der Waals surface area contributed by atoms with E-state index in [-0.39, 0.29) is 47.3 Å². The molecular formula is C37H48ClF3N6O3. The van der Waals surface area contributed by atoms with Gasteiger partial charge in [-0.15, -0.1) is 0 Å². The highest BCUT2D eigenvalue weighted by Gasteiger charge is 2.37. The first-order chi connectivity index (χ1) is 24.0. The minimum atomic E-state index is -4.72. The number of carbonyl (C=O) groups is 3. The molecule has 4 aliphatic heterocycles. The number of alkyl halides is 3. The van der Waals surface area contributed by atoms with Crippen LogP contribution in [-0.2, 0) is 28.6 Å². The van der Waals surface area contributed by atoms with Gasteiger partial charge in [-0.05, 0) is 99.7 Å². The average molecular weight is 717 g/mol. The number of amides is 4. The number of fused-ring (bicyclic) bond motifs is 1. The largest absolute Gasteiger partial charge is 0.418 e. The molecule has 0 radical (unpaired) electrons. The van der Waals surface area contributed by atoms with Gasteiger partial charge in [0.15, 0.2) is 0 Å². The van der Waals surface area contributed by atoms with Crippen LogP contribution in [0.5, 0.6) is 0 Å². The molecular weight excluding hydrogens is 669 g/mol. The van der Waals surface area contributed by atoms with E-state index in [0.29, 0.717) is 51.5 Å². The smallest absolute Gasteiger partial charge is 0.397 e. The summed E-state index contributed by atoms with van der Waals surface area (Å²) < 4.78 is 41.5. The van der Waals surface area contributed by atoms with Gasteiger partial charge in [0, 0.05) is 57.4 Å². The number of benzene rings is 2. The van der Waals surface area contributed by atoms with E-state index >= 15 is 0 Å². The number of piperidine rings is 3. The third-order valence-electron chi connectivity index (χ3n) is 11.0. The highest BCUT2D eigenvalue weighted by atomic mass is 35.5. The highest BCUT2D eigenvalue weighted by molar-refractivity contribution is 6.33. The first kappa shape index (κ1) is 36.3. The summed E-state index contributed by atoms with van der Waals surface area (Å²) in [5, 5.41) is 2.79. The molecule has 2 aromatic carbocycles. The van der Waals surface area contributed by atoms with E-state index in [1.165, 1.54) is 25.3 Å². The van der Waals surface area contributed by atoms with E-state index in [0.717, 1.165) is 56.2 Å². The van der Waals surface area contributed by atoms with Crippen LogP contribution in [0.25, 0.3) is 0 Å². The van der Waals surface area contributed by atoms with Gasteiger partial charge >= 0.3 is 12.2 Å². The monoisotopic (exact) mass is 716 g/mol. The van der Waals surface area contributed by atoms with Crippen molar-refractivity contribution in [1.29, 1.82) is 0 Å². The van der Waals surface area contributed by atoms with Crippen LogP contribution in [0.4, 0.5) is 29.3 Å². The molecule has 50 heavy (non-hydrogen) atoms. The van der Waals surface area contributed by atoms with Gasteiger partial charge in [-0.3, -0.25) is 9.59 Å². The molecule has 3 saturated heterocycles. The highest BCUT2D eigenvalue weighted by Crippen LogP contribution is 2.39. The van der Waals surface area contributed by atoms with Crippen molar-refractivity contribution in [3.63, 3.8) is 0 Å². The minimum Gasteiger partial charge on any atom is -0.397 e. The predicted molar refractivity (Wildman–Crippen MR) is 188 cm³/mol. The van der Waals surface area contributed by atoms with Gasteiger partial charge in [0.1, 0.15) is 0 Å². The van der Waals surface area contributed by atoms with Gasteiger partial charge in [-0.2, -0.15) is 13.2 Å². The molecule has 0 bridgehead atoms. The van der Waals surface area contributed by atoms with E-state index in [9.17, 15) is 27.6 Å². The summed E-state index contributed by atoms with van der Waals surface area (Å²) in [6, 6.07) is 9.91. The molecule has 272 valence electrons. The molecule has 4 aliphatic rings. The second-order valence-corrected chi connectivity index (χ2v) is 14.8. The molecule has 0 saturated carbocycles. The Hall–Kier alpha value is -3.51. The molecule has 9 nitrogen and oxygen atoms in total. The summed E-state index contributed by atoms with van der Waals surface area (Å²) in [6.45, 7) is 5.81. The first-order valence-corrected chi connectivity index (χ1v) is 18.4. The number of nitrogens with two attached hydrogens (primary N) is 1. The van der Waals surface area contributed by atoms with Crippen molar-refractivity contribution in [2.45, 2.75) is 76.4 Å². The van der Waals surface area contributed by atoms with Crippen molar-refractivity contribution in [1.82, 2.24) is 19.6 Å². The number of rotatable bonds is 8. The molecule has 2 aromatic rings. The zero-order valence-electron chi connectivity index (χ0n) is 28.5. The van der Waals surface area contributed by atoms with E-state index in [1.807, 2.05) is 29.2 Å². The van der Waals surface area contributed by atoms with Crippen LogP contribution < -0.4 is 11.1 Å². The van der Waals surface area contributed by atoms with Crippen molar-refractivity contribution >= 4 is 40.8 Å². The molecule has 6 rings (SSSR count). The lowest BCUT2D eigenvalue weighted by Crippen LogP contribution is -2.50. The van der Waals surface area contributed by atoms with Gasteiger partial charge in [-0.25, -0.2) is 4.79 Å². The third-order valence-corrected chi connectivity index (χ3v) is 11.4. The molecule has 1 atom stereocenters. The van der Waals surface area contributed by atoms with E-state index in [2.05, 4.69) is 10.2 Å². The number of hydrogen-bond donors (Lipinski definition) is 2. The van der Waals surface area contributed by atoms with Crippen molar-refractivity contribution in [3.05, 3.63) is 58.1 Å². The maximum atomic E-state index is 14.1. The van der Waals surface area contributed by atoms with Crippen LogP contribution in [0.3, 0.4) is 0 Å². The number of urea groups is 1. The molecule has 13 heteroatoms. The Morgan fingerprint density at radius 3 is 2.30 bits per heavy atom. The number of nitrogen functional groups attached to an aromatic ring is 1. The predicted octanol–water partition coefficient (Wildman–Crippen LogP) is 6.30. The third kappa shape index (κ3) is 8.67. The number of nitrogens with one attached hydrogen (secondary N) is 1. The lowest BCUT2D eigenvalue weighted by molar-refractivity contribution is -0.143. The Bertz CT molecular complexity index is 1530. The van der Waals surface area contributed by atoms with Gasteiger partial charge in [-0.1, -0.05) is 36.2 Å². The van der Waals surface area contributed by atoms with Gasteiger partial charge in [0.25, 0.3) is 0 Å². The van der Waals surface area contributed by atoms with E-state index in [4.69, 9.17) is 17.3 Å². The summed E-state index contributed by atoms with van der Waals surface area (Å²) in [6.07, 6.45) is 2.46. The SMILES string of the molecule is Nc1c(Cl)cc(CC(CC(=O)N2CCC(N3CCc4ccccc4NC3=O)CC2)C(=O)N2CCC(CN3CCCCC3)CC2)cc1C(F)(F)F. The molecule has 3 N–H and O–H groups in total. The zero-order chi connectivity index (χ0) is 35.4. The molecule has 3 fully saturated rings. The molecule has 0 aliphatic carbocycles. The van der Waals surface area contributed by atoms with E-state index < -0.39 is 23.3 Å². The Morgan fingerprint density at radius 1 is 0.920 bits per heavy atom. The molecule has 1 unspecified atom stereocenters. The second-order valence-electron chi connectivity index (χ2n) is 14.4. The zero-order valence-corrected chi connectivity index (χ0v) is 29.3. The quantitative estimate of drug-likeness (QED) is 0.313. The Morgan fingerprint density at radius 2 is 1.60 bits per heavy atom. The topological polar surface area (TPSA) is 102 Å². The molecule has 0 spiro atoms. The van der Waals surface area contributed by atoms with Gasteiger partial charge in [0.05, 0.1) is 22.2 Å². The number of halogens is 4. The van der Waals surface area contributed by atoms with E-state index in [1.54, 1.807) is 9.80 Å². The normalized spacial score (nSPS) is 20.6. The minimum absolute atomic E-state index is 0.0327. The second kappa shape index (κ2) is 15.8. The van der Waals surface area contributed by atoms with Gasteiger partial charge < -0.3 is 30.7 Å². The molecule has 4 heterocycles. The van der Waals surface area contributed by atoms with Crippen molar-refractivity contribution < 1.29 is 27.6 Å². The van der Waals surface area contributed by atoms with Crippen LogP contribution in [0.2, 0.25) is 5.02 Å². The summed E-state index contributed by atoms with van der Waals surface area (Å²) in [5.74, 6) is -0.794. The Labute approximate surface area is 297 Å². The summed E-state index contributed by atoms with van der Waals surface area (Å²) in [4.78, 5) is 48.8. The number of likely N-dealkylation sites (tertiary alicyclic amines) is 3. The van der Waals surface area contributed by atoms with Crippen molar-refractivity contribution in [2.24, 2.45) is 11.8 Å². The summed E-state index contributed by atoms with van der Waals surface area (Å²) in [5.41, 5.74) is 6.21. The maximum Gasteiger partial charge on any atom is 0.418 e. The molecule has 0 aromatic heterocycles. The van der Waals surface area contributed by atoms with Crippen molar-refractivity contribution in [3.8, 4) is 0 Å². The Kier molecular flexibility index (Phi) is 11.5. The molecule has 4 amide bonds. The average Bonchev–Trinajstić information content (AvgIpc) is 3.27. The fraction of sp³-hybridized carbons (Fsp3) is 0.595. The van der Waals surface area contributed by atoms with Crippen LogP contribution >= 0.6 is 11.6 Å². The fourth-order valence-electron chi connectivity index (χ4n) is 8.16. The number of para-hydroxylation sites is 1. The number of hydrogen-bond acceptors (Lipinski definition) is 5. The lowest BCUT2D eigenvalue weighted by atomic mass is 9.90. The first-order valence-electron chi connectivity index (χ1n) is 18.1. The Balaban J connectivity index is 1.11. The van der Waals surface area contributed by atoms with Gasteiger partial charge in [0.2, 0.25) is 11.8 Å². The van der Waals surface area contributed by atoms with Crippen LogP contribution in [0.15, 0.2) is 36.4 Å². The fourth-order valence-corrected chi connectivity index (χ4v) is 8.41. The number of carbonyl (C=O) groups excluding carboxylic acids is 3. The summed E-state index contributed by atoms with van der Waals surface area (Å²) in [7, 11) is 0. The van der Waals surface area contributed by atoms with Crippen molar-refractivity contribution in [2.75, 3.05) is 63.4 Å².